The van der Waals surface area contributed by atoms with E-state index in [2.05, 4.69) is 33.9 Å². The normalized spacial score (nSPS) is 24.8. The quantitative estimate of drug-likeness (QED) is 0.544. The van der Waals surface area contributed by atoms with Gasteiger partial charge in [-0.15, -0.1) is 11.8 Å². The van der Waals surface area contributed by atoms with Crippen LogP contribution in [0.5, 0.6) is 0 Å². The summed E-state index contributed by atoms with van der Waals surface area (Å²) < 4.78 is 7.56. The lowest BCUT2D eigenvalue weighted by Gasteiger charge is -2.42. The second kappa shape index (κ2) is 7.03. The Bertz CT molecular complexity index is 375. The van der Waals surface area contributed by atoms with E-state index in [-0.39, 0.29) is 17.1 Å². The van der Waals surface area contributed by atoms with Gasteiger partial charge in [0.25, 0.3) is 0 Å². The van der Waals surface area contributed by atoms with Gasteiger partial charge in [-0.25, -0.2) is 0 Å². The Morgan fingerprint density at radius 1 is 1.45 bits per heavy atom. The highest BCUT2D eigenvalue weighted by Gasteiger charge is 2.42. The molecule has 0 unspecified atom stereocenters. The van der Waals surface area contributed by atoms with Gasteiger partial charge in [-0.1, -0.05) is 33.0 Å². The molecule has 1 fully saturated rings. The van der Waals surface area contributed by atoms with Gasteiger partial charge in [0.05, 0.1) is 0 Å². The molecule has 5 heteroatoms. The molecular formula is C15H28O2S2Si. The molecule has 0 radical (unpaired) electrons. The lowest BCUT2D eigenvalue weighted by atomic mass is 9.84. The maximum Gasteiger partial charge on any atom is 0.192 e. The van der Waals surface area contributed by atoms with Crippen LogP contribution in [0.15, 0.2) is 0 Å². The van der Waals surface area contributed by atoms with Gasteiger partial charge < -0.3 is 4.43 Å². The van der Waals surface area contributed by atoms with Gasteiger partial charge in [-0.3, -0.25) is 4.79 Å². The first-order chi connectivity index (χ1) is 9.06. The highest BCUT2D eigenvalue weighted by atomic mass is 32.2. The largest absolute Gasteiger partial charge is 0.414 e. The summed E-state index contributed by atoms with van der Waals surface area (Å²) in [7, 11) is -1.78. The molecule has 116 valence electrons. The van der Waals surface area contributed by atoms with Gasteiger partial charge in [0.15, 0.2) is 8.32 Å². The Labute approximate surface area is 134 Å². The summed E-state index contributed by atoms with van der Waals surface area (Å²) in [4.78, 5) is 11.8. The fourth-order valence-electron chi connectivity index (χ4n) is 2.28. The molecule has 0 aromatic heterocycles. The van der Waals surface area contributed by atoms with Crippen molar-refractivity contribution in [3.63, 3.8) is 0 Å². The minimum atomic E-state index is -1.78. The molecule has 1 aliphatic carbocycles. The molecule has 2 atom stereocenters. The predicted octanol–water partition coefficient (Wildman–Crippen LogP) is 4.83. The van der Waals surface area contributed by atoms with E-state index in [1.165, 1.54) is 0 Å². The third-order valence-corrected chi connectivity index (χ3v) is 10.4. The summed E-state index contributed by atoms with van der Waals surface area (Å²) in [6, 6.07) is 0. The summed E-state index contributed by atoms with van der Waals surface area (Å²) in [6.07, 6.45) is 5.23. The molecule has 0 aliphatic heterocycles. The number of rotatable bonds is 4. The second-order valence-corrected chi connectivity index (χ2v) is 13.6. The first-order valence-electron chi connectivity index (χ1n) is 7.33. The zero-order valence-corrected chi connectivity index (χ0v) is 16.2. The van der Waals surface area contributed by atoms with Crippen LogP contribution in [0.4, 0.5) is 0 Å². The van der Waals surface area contributed by atoms with Crippen molar-refractivity contribution in [1.82, 2.24) is 0 Å². The Morgan fingerprint density at radius 3 is 2.55 bits per heavy atom. The smallest absolute Gasteiger partial charge is 0.192 e. The van der Waals surface area contributed by atoms with Gasteiger partial charge in [0, 0.05) is 23.1 Å². The van der Waals surface area contributed by atoms with Crippen LogP contribution in [-0.2, 0) is 9.22 Å². The Hall–Kier alpha value is 0.287. The van der Waals surface area contributed by atoms with Crippen LogP contribution >= 0.6 is 24.0 Å². The van der Waals surface area contributed by atoms with Crippen LogP contribution in [0.2, 0.25) is 18.1 Å². The second-order valence-electron chi connectivity index (χ2n) is 7.24. The molecule has 2 nitrogen and oxygen atoms in total. The van der Waals surface area contributed by atoms with Crippen molar-refractivity contribution in [3.05, 3.63) is 0 Å². The lowest BCUT2D eigenvalue weighted by Crippen LogP contribution is -2.47. The predicted molar refractivity (Wildman–Crippen MR) is 95.1 cm³/mol. The molecule has 0 N–H and O–H groups in total. The standard InChI is InChI=1S/C15H28O2S2Si/c1-15(2,3)20(5,6)17-13-8-7-12(16)9-11(13)10-14(18)19-4/h11,13H,7-10H2,1-6H3/t11-,13+/m0/s1. The number of ketones is 1. The Balaban J connectivity index is 2.79. The van der Waals surface area contributed by atoms with Crippen molar-refractivity contribution in [1.29, 1.82) is 0 Å². The monoisotopic (exact) mass is 332 g/mol. The van der Waals surface area contributed by atoms with E-state index in [0.29, 0.717) is 18.6 Å². The molecule has 0 spiro atoms. The van der Waals surface area contributed by atoms with E-state index in [9.17, 15) is 4.79 Å². The average molecular weight is 333 g/mol. The molecule has 0 heterocycles. The first kappa shape index (κ1) is 18.3. The number of thioether (sulfide) groups is 1. The van der Waals surface area contributed by atoms with E-state index < -0.39 is 8.32 Å². The van der Waals surface area contributed by atoms with Gasteiger partial charge in [0.2, 0.25) is 0 Å². The molecular weight excluding hydrogens is 304 g/mol. The van der Waals surface area contributed by atoms with Crippen molar-refractivity contribution in [2.24, 2.45) is 5.92 Å². The van der Waals surface area contributed by atoms with Gasteiger partial charge >= 0.3 is 0 Å². The van der Waals surface area contributed by atoms with Crippen LogP contribution in [-0.4, -0.2) is 30.7 Å². The lowest BCUT2D eigenvalue weighted by molar-refractivity contribution is -0.123. The van der Waals surface area contributed by atoms with Crippen LogP contribution in [0.25, 0.3) is 0 Å². The number of hydrogen-bond donors (Lipinski definition) is 0. The molecule has 0 aromatic carbocycles. The van der Waals surface area contributed by atoms with E-state index in [1.807, 2.05) is 6.26 Å². The third-order valence-electron chi connectivity index (χ3n) is 4.63. The van der Waals surface area contributed by atoms with E-state index in [1.54, 1.807) is 11.8 Å². The Kier molecular flexibility index (Phi) is 6.45. The molecule has 0 saturated heterocycles. The Morgan fingerprint density at radius 2 is 2.05 bits per heavy atom. The van der Waals surface area contributed by atoms with Crippen molar-refractivity contribution < 1.29 is 9.22 Å². The topological polar surface area (TPSA) is 26.3 Å². The highest BCUT2D eigenvalue weighted by molar-refractivity contribution is 8.22. The fourth-order valence-corrected chi connectivity index (χ4v) is 4.29. The number of carbonyl (C=O) groups is 1. The van der Waals surface area contributed by atoms with Crippen LogP contribution in [0.1, 0.15) is 46.5 Å². The van der Waals surface area contributed by atoms with Crippen LogP contribution in [0, 0.1) is 5.92 Å². The summed E-state index contributed by atoms with van der Waals surface area (Å²) in [5, 5.41) is 0.207. The van der Waals surface area contributed by atoms with Crippen LogP contribution in [0.3, 0.4) is 0 Å². The fraction of sp³-hybridized carbons (Fsp3) is 0.867. The van der Waals surface area contributed by atoms with E-state index in [0.717, 1.165) is 17.0 Å². The molecule has 0 aromatic rings. The molecule has 1 saturated carbocycles. The van der Waals surface area contributed by atoms with Crippen LogP contribution < -0.4 is 0 Å². The number of thiocarbonyl (C=S) groups is 1. The summed E-state index contributed by atoms with van der Waals surface area (Å²) >= 11 is 6.97. The average Bonchev–Trinajstić information content (AvgIpc) is 2.31. The van der Waals surface area contributed by atoms with E-state index in [4.69, 9.17) is 16.6 Å². The highest BCUT2D eigenvalue weighted by Crippen LogP contribution is 2.40. The molecule has 1 rings (SSSR count). The summed E-state index contributed by atoms with van der Waals surface area (Å²) in [5.41, 5.74) is 0. The number of Topliss-reactive ketones (excluding diaryl/α,β-unsaturated/α-hetero) is 1. The maximum atomic E-state index is 11.8. The molecule has 1 aliphatic rings. The molecule has 0 bridgehead atoms. The molecule has 20 heavy (non-hydrogen) atoms. The van der Waals surface area contributed by atoms with Crippen molar-refractivity contribution in [2.45, 2.75) is 70.7 Å². The van der Waals surface area contributed by atoms with Gasteiger partial charge in [-0.2, -0.15) is 0 Å². The van der Waals surface area contributed by atoms with Crippen molar-refractivity contribution in [3.8, 4) is 0 Å². The first-order valence-corrected chi connectivity index (χ1v) is 11.9. The zero-order chi connectivity index (χ0) is 15.6. The summed E-state index contributed by atoms with van der Waals surface area (Å²) in [5.74, 6) is 0.652. The summed E-state index contributed by atoms with van der Waals surface area (Å²) in [6.45, 7) is 11.3. The minimum Gasteiger partial charge on any atom is -0.414 e. The molecule has 0 amide bonds. The van der Waals surface area contributed by atoms with E-state index >= 15 is 0 Å². The SMILES string of the molecule is CSC(=S)C[C@@H]1CC(=O)CC[C@H]1O[Si](C)(C)C(C)(C)C. The minimum absolute atomic E-state index is 0.207. The zero-order valence-electron chi connectivity index (χ0n) is 13.6. The number of hydrogen-bond acceptors (Lipinski definition) is 4. The number of carbonyl (C=O) groups excluding carboxylic acids is 1. The van der Waals surface area contributed by atoms with Crippen molar-refractivity contribution >= 4 is 42.3 Å². The maximum absolute atomic E-state index is 11.8. The third kappa shape index (κ3) is 4.93. The van der Waals surface area contributed by atoms with Crippen molar-refractivity contribution in [2.75, 3.05) is 6.26 Å². The van der Waals surface area contributed by atoms with Gasteiger partial charge in [0.1, 0.15) is 5.78 Å². The van der Waals surface area contributed by atoms with Gasteiger partial charge in [-0.05, 0) is 43.1 Å².